The van der Waals surface area contributed by atoms with Crippen LogP contribution in [0.5, 0.6) is 0 Å². The van der Waals surface area contributed by atoms with Crippen LogP contribution in [0.2, 0.25) is 0 Å². The standard InChI is InChI=1S/C18H26FN3O3/c1-18(2,3)25-17(24)22-10-4-5-13(12-22)6-8-21-16(23)14-7-9-20-15(19)11-14/h7,9,11,13H,4-6,8,10,12H2,1-3H3,(H,21,23). The molecular formula is C18H26FN3O3. The zero-order valence-corrected chi connectivity index (χ0v) is 15.0. The van der Waals surface area contributed by atoms with Gasteiger partial charge in [0.1, 0.15) is 5.60 Å². The Morgan fingerprint density at radius 1 is 1.44 bits per heavy atom. The van der Waals surface area contributed by atoms with Gasteiger partial charge in [0.15, 0.2) is 0 Å². The van der Waals surface area contributed by atoms with E-state index in [2.05, 4.69) is 10.3 Å². The topological polar surface area (TPSA) is 71.5 Å². The minimum absolute atomic E-state index is 0.256. The van der Waals surface area contributed by atoms with E-state index < -0.39 is 11.5 Å². The predicted octanol–water partition coefficient (Wildman–Crippen LogP) is 2.99. The van der Waals surface area contributed by atoms with Crippen LogP contribution in [0.3, 0.4) is 0 Å². The first-order valence-electron chi connectivity index (χ1n) is 8.62. The maximum atomic E-state index is 13.0. The molecule has 0 bridgehead atoms. The number of hydrogen-bond donors (Lipinski definition) is 1. The molecule has 7 heteroatoms. The van der Waals surface area contributed by atoms with Crippen LogP contribution in [0.25, 0.3) is 0 Å². The lowest BCUT2D eigenvalue weighted by atomic mass is 9.95. The minimum Gasteiger partial charge on any atom is -0.444 e. The molecule has 1 unspecified atom stereocenters. The Hall–Kier alpha value is -2.18. The van der Waals surface area contributed by atoms with Crippen molar-refractivity contribution in [2.75, 3.05) is 19.6 Å². The third-order valence-electron chi connectivity index (χ3n) is 4.00. The van der Waals surface area contributed by atoms with E-state index in [-0.39, 0.29) is 17.6 Å². The molecule has 1 aromatic rings. The zero-order valence-electron chi connectivity index (χ0n) is 15.0. The van der Waals surface area contributed by atoms with Crippen molar-refractivity contribution < 1.29 is 18.7 Å². The Morgan fingerprint density at radius 3 is 2.88 bits per heavy atom. The van der Waals surface area contributed by atoms with Gasteiger partial charge >= 0.3 is 6.09 Å². The molecule has 2 amide bonds. The Morgan fingerprint density at radius 2 is 2.20 bits per heavy atom. The molecule has 2 heterocycles. The SMILES string of the molecule is CC(C)(C)OC(=O)N1CCCC(CCNC(=O)c2ccnc(F)c2)C1. The van der Waals surface area contributed by atoms with Crippen LogP contribution in [-0.4, -0.2) is 47.1 Å². The first kappa shape index (κ1) is 19.1. The van der Waals surface area contributed by atoms with Crippen LogP contribution in [0.15, 0.2) is 18.3 Å². The van der Waals surface area contributed by atoms with E-state index in [1.807, 2.05) is 20.8 Å². The van der Waals surface area contributed by atoms with Crippen molar-refractivity contribution in [1.82, 2.24) is 15.2 Å². The second-order valence-electron chi connectivity index (χ2n) is 7.35. The summed E-state index contributed by atoms with van der Waals surface area (Å²) in [6, 6.07) is 2.59. The Labute approximate surface area is 147 Å². The van der Waals surface area contributed by atoms with E-state index in [1.165, 1.54) is 12.3 Å². The van der Waals surface area contributed by atoms with Gasteiger partial charge in [-0.3, -0.25) is 4.79 Å². The van der Waals surface area contributed by atoms with E-state index in [4.69, 9.17) is 4.74 Å². The summed E-state index contributed by atoms with van der Waals surface area (Å²) < 4.78 is 18.4. The molecule has 1 aliphatic heterocycles. The fourth-order valence-electron chi connectivity index (χ4n) is 2.83. The maximum absolute atomic E-state index is 13.0. The molecule has 1 fully saturated rings. The number of nitrogens with zero attached hydrogens (tertiary/aromatic N) is 2. The normalized spacial score (nSPS) is 17.9. The first-order chi connectivity index (χ1) is 11.7. The average Bonchev–Trinajstić information content (AvgIpc) is 2.53. The number of ether oxygens (including phenoxy) is 1. The molecule has 1 atom stereocenters. The summed E-state index contributed by atoms with van der Waals surface area (Å²) in [6.07, 6.45) is 3.68. The molecule has 0 saturated carbocycles. The highest BCUT2D eigenvalue weighted by atomic mass is 19.1. The smallest absolute Gasteiger partial charge is 0.410 e. The van der Waals surface area contributed by atoms with E-state index in [9.17, 15) is 14.0 Å². The summed E-state index contributed by atoms with van der Waals surface area (Å²) in [5, 5.41) is 2.79. The molecule has 0 radical (unpaired) electrons. The lowest BCUT2D eigenvalue weighted by Gasteiger charge is -2.34. The van der Waals surface area contributed by atoms with Gasteiger partial charge in [-0.2, -0.15) is 4.39 Å². The highest BCUT2D eigenvalue weighted by Gasteiger charge is 2.27. The van der Waals surface area contributed by atoms with Crippen molar-refractivity contribution >= 4 is 12.0 Å². The lowest BCUT2D eigenvalue weighted by molar-refractivity contribution is 0.0161. The molecule has 6 nitrogen and oxygen atoms in total. The zero-order chi connectivity index (χ0) is 18.4. The number of rotatable bonds is 4. The van der Waals surface area contributed by atoms with Crippen molar-refractivity contribution in [1.29, 1.82) is 0 Å². The molecule has 1 N–H and O–H groups in total. The van der Waals surface area contributed by atoms with E-state index in [0.29, 0.717) is 25.6 Å². The van der Waals surface area contributed by atoms with Gasteiger partial charge in [0.25, 0.3) is 5.91 Å². The van der Waals surface area contributed by atoms with Crippen LogP contribution < -0.4 is 5.32 Å². The summed E-state index contributed by atoms with van der Waals surface area (Å²) in [5.41, 5.74) is -0.246. The number of likely N-dealkylation sites (tertiary alicyclic amines) is 1. The summed E-state index contributed by atoms with van der Waals surface area (Å²) in [7, 11) is 0. The quantitative estimate of drug-likeness (QED) is 0.847. The van der Waals surface area contributed by atoms with E-state index in [1.54, 1.807) is 4.90 Å². The molecular weight excluding hydrogens is 325 g/mol. The number of carbonyl (C=O) groups excluding carboxylic acids is 2. The van der Waals surface area contributed by atoms with Crippen molar-refractivity contribution in [3.05, 3.63) is 29.8 Å². The van der Waals surface area contributed by atoms with Crippen molar-refractivity contribution in [3.8, 4) is 0 Å². The fraction of sp³-hybridized carbons (Fsp3) is 0.611. The number of piperidine rings is 1. The van der Waals surface area contributed by atoms with Crippen molar-refractivity contribution in [2.45, 2.75) is 45.6 Å². The first-order valence-corrected chi connectivity index (χ1v) is 8.62. The van der Waals surface area contributed by atoms with Crippen molar-refractivity contribution in [3.63, 3.8) is 0 Å². The summed E-state index contributed by atoms with van der Waals surface area (Å²) >= 11 is 0. The number of aromatic nitrogens is 1. The highest BCUT2D eigenvalue weighted by molar-refractivity contribution is 5.93. The van der Waals surface area contributed by atoms with Crippen LogP contribution in [0.1, 0.15) is 50.4 Å². The van der Waals surface area contributed by atoms with E-state index >= 15 is 0 Å². The number of nitrogens with one attached hydrogen (secondary N) is 1. The number of carbonyl (C=O) groups is 2. The van der Waals surface area contributed by atoms with Gasteiger partial charge in [0.2, 0.25) is 5.95 Å². The van der Waals surface area contributed by atoms with E-state index in [0.717, 1.165) is 25.3 Å². The van der Waals surface area contributed by atoms with Gasteiger partial charge in [0, 0.05) is 37.5 Å². The number of hydrogen-bond acceptors (Lipinski definition) is 4. The Bertz CT molecular complexity index is 616. The summed E-state index contributed by atoms with van der Waals surface area (Å²) in [6.45, 7) is 7.37. The molecule has 138 valence electrons. The molecule has 1 aliphatic rings. The molecule has 0 aliphatic carbocycles. The molecule has 1 aromatic heterocycles. The molecule has 1 saturated heterocycles. The molecule has 0 spiro atoms. The van der Waals surface area contributed by atoms with Crippen LogP contribution in [-0.2, 0) is 4.74 Å². The third kappa shape index (κ3) is 6.32. The Kier molecular flexibility index (Phi) is 6.33. The number of halogens is 1. The van der Waals surface area contributed by atoms with Crippen molar-refractivity contribution in [2.24, 2.45) is 5.92 Å². The summed E-state index contributed by atoms with van der Waals surface area (Å²) in [5.74, 6) is -0.676. The third-order valence-corrected chi connectivity index (χ3v) is 4.00. The largest absolute Gasteiger partial charge is 0.444 e. The van der Waals surface area contributed by atoms with Gasteiger partial charge in [-0.25, -0.2) is 9.78 Å². The summed E-state index contributed by atoms with van der Waals surface area (Å²) in [4.78, 5) is 29.3. The average molecular weight is 351 g/mol. The monoisotopic (exact) mass is 351 g/mol. The van der Waals surface area contributed by atoms with Gasteiger partial charge in [-0.05, 0) is 52.0 Å². The minimum atomic E-state index is -0.673. The van der Waals surface area contributed by atoms with Gasteiger partial charge in [-0.15, -0.1) is 0 Å². The second kappa shape index (κ2) is 8.27. The fourth-order valence-corrected chi connectivity index (χ4v) is 2.83. The van der Waals surface area contributed by atoms with Gasteiger partial charge in [0.05, 0.1) is 0 Å². The molecule has 25 heavy (non-hydrogen) atoms. The van der Waals surface area contributed by atoms with Gasteiger partial charge in [-0.1, -0.05) is 0 Å². The molecule has 2 rings (SSSR count). The van der Waals surface area contributed by atoms with Crippen LogP contribution in [0.4, 0.5) is 9.18 Å². The maximum Gasteiger partial charge on any atom is 0.410 e. The number of amides is 2. The lowest BCUT2D eigenvalue weighted by Crippen LogP contribution is -2.43. The Balaban J connectivity index is 1.77. The van der Waals surface area contributed by atoms with Crippen LogP contribution >= 0.6 is 0 Å². The number of pyridine rings is 1. The van der Waals surface area contributed by atoms with Crippen LogP contribution in [0, 0.1) is 11.9 Å². The highest BCUT2D eigenvalue weighted by Crippen LogP contribution is 2.21. The van der Waals surface area contributed by atoms with Gasteiger partial charge < -0.3 is 15.0 Å². The predicted molar refractivity (Wildman–Crippen MR) is 91.7 cm³/mol. The second-order valence-corrected chi connectivity index (χ2v) is 7.35. The molecule has 0 aromatic carbocycles.